The standard InChI is InChI=1S/C24H25N7O3S/c1-33-19-5-2-4-18(14-19)23-27-28-24(31(23)16-20-6-3-13-34-20)35-17-22(32)30-11-9-29(10-12-30)21-15-25-7-8-26-21/h2-8,13-15H,9-12,16-17H2,1H3. The Bertz CT molecular complexity index is 1260. The maximum atomic E-state index is 13.0. The second kappa shape index (κ2) is 10.6. The van der Waals surface area contributed by atoms with E-state index in [1.165, 1.54) is 11.8 Å². The van der Waals surface area contributed by atoms with Crippen LogP contribution in [0.15, 0.2) is 70.8 Å². The van der Waals surface area contributed by atoms with Crippen LogP contribution in [0.2, 0.25) is 0 Å². The van der Waals surface area contributed by atoms with Gasteiger partial charge in [-0.1, -0.05) is 23.9 Å². The number of rotatable bonds is 8. The monoisotopic (exact) mass is 491 g/mol. The van der Waals surface area contributed by atoms with Gasteiger partial charge in [-0.05, 0) is 24.3 Å². The summed E-state index contributed by atoms with van der Waals surface area (Å²) in [4.78, 5) is 25.5. The second-order valence-electron chi connectivity index (χ2n) is 7.92. The second-order valence-corrected chi connectivity index (χ2v) is 8.87. The number of hydrogen-bond donors (Lipinski definition) is 0. The zero-order valence-corrected chi connectivity index (χ0v) is 20.1. The molecule has 180 valence electrons. The molecule has 0 bridgehead atoms. The van der Waals surface area contributed by atoms with Gasteiger partial charge < -0.3 is 19.0 Å². The first-order valence-corrected chi connectivity index (χ1v) is 12.2. The number of furan rings is 1. The minimum Gasteiger partial charge on any atom is -0.497 e. The van der Waals surface area contributed by atoms with Crippen LogP contribution >= 0.6 is 11.8 Å². The number of anilines is 1. The molecule has 1 aliphatic heterocycles. The highest BCUT2D eigenvalue weighted by atomic mass is 32.2. The Morgan fingerprint density at radius 2 is 2.00 bits per heavy atom. The summed E-state index contributed by atoms with van der Waals surface area (Å²) in [6, 6.07) is 11.4. The predicted octanol–water partition coefficient (Wildman–Crippen LogP) is 2.83. The summed E-state index contributed by atoms with van der Waals surface area (Å²) in [5.74, 6) is 3.39. The molecule has 0 radical (unpaired) electrons. The number of nitrogens with zero attached hydrogens (tertiary/aromatic N) is 7. The molecule has 0 spiro atoms. The third-order valence-electron chi connectivity index (χ3n) is 5.77. The Hall–Kier alpha value is -3.86. The molecule has 1 aliphatic rings. The van der Waals surface area contributed by atoms with Crippen molar-refractivity contribution in [1.29, 1.82) is 0 Å². The molecule has 1 saturated heterocycles. The Labute approximate surface area is 206 Å². The molecular weight excluding hydrogens is 466 g/mol. The van der Waals surface area contributed by atoms with Crippen molar-refractivity contribution in [3.8, 4) is 17.1 Å². The van der Waals surface area contributed by atoms with Gasteiger partial charge in [0.1, 0.15) is 17.3 Å². The van der Waals surface area contributed by atoms with E-state index >= 15 is 0 Å². The van der Waals surface area contributed by atoms with E-state index in [0.29, 0.717) is 30.6 Å². The van der Waals surface area contributed by atoms with Crippen LogP contribution in [0.25, 0.3) is 11.4 Å². The summed E-state index contributed by atoms with van der Waals surface area (Å²) in [7, 11) is 1.63. The van der Waals surface area contributed by atoms with Crippen LogP contribution in [-0.4, -0.2) is 74.6 Å². The van der Waals surface area contributed by atoms with Gasteiger partial charge in [0.2, 0.25) is 5.91 Å². The topological polar surface area (TPSA) is 102 Å². The fraction of sp³-hybridized carbons (Fsp3) is 0.292. The van der Waals surface area contributed by atoms with E-state index in [-0.39, 0.29) is 11.7 Å². The number of carbonyl (C=O) groups is 1. The van der Waals surface area contributed by atoms with E-state index in [4.69, 9.17) is 9.15 Å². The van der Waals surface area contributed by atoms with Crippen molar-refractivity contribution in [2.24, 2.45) is 0 Å². The number of amides is 1. The molecule has 4 heterocycles. The number of hydrogen-bond acceptors (Lipinski definition) is 9. The lowest BCUT2D eigenvalue weighted by molar-refractivity contribution is -0.128. The quantitative estimate of drug-likeness (QED) is 0.344. The zero-order valence-electron chi connectivity index (χ0n) is 19.3. The Balaban J connectivity index is 1.27. The van der Waals surface area contributed by atoms with E-state index in [1.807, 2.05) is 45.9 Å². The molecule has 35 heavy (non-hydrogen) atoms. The van der Waals surface area contributed by atoms with Gasteiger partial charge >= 0.3 is 0 Å². The zero-order chi connectivity index (χ0) is 24.0. The number of thioether (sulfide) groups is 1. The molecule has 0 atom stereocenters. The molecule has 5 rings (SSSR count). The first-order valence-electron chi connectivity index (χ1n) is 11.2. The molecule has 1 aromatic carbocycles. The number of piperazine rings is 1. The van der Waals surface area contributed by atoms with Crippen LogP contribution < -0.4 is 9.64 Å². The average molecular weight is 492 g/mol. The van der Waals surface area contributed by atoms with Gasteiger partial charge in [-0.2, -0.15) is 0 Å². The van der Waals surface area contributed by atoms with Crippen LogP contribution in [0.4, 0.5) is 5.82 Å². The molecular formula is C24H25N7O3S. The van der Waals surface area contributed by atoms with Crippen LogP contribution in [-0.2, 0) is 11.3 Å². The first kappa shape index (κ1) is 22.9. The van der Waals surface area contributed by atoms with Crippen molar-refractivity contribution in [3.05, 3.63) is 67.0 Å². The normalized spacial score (nSPS) is 13.7. The summed E-state index contributed by atoms with van der Waals surface area (Å²) < 4.78 is 12.9. The van der Waals surface area contributed by atoms with Crippen molar-refractivity contribution in [2.45, 2.75) is 11.7 Å². The summed E-state index contributed by atoms with van der Waals surface area (Å²) in [6.45, 7) is 3.20. The van der Waals surface area contributed by atoms with E-state index in [2.05, 4.69) is 25.1 Å². The minimum absolute atomic E-state index is 0.0734. The molecule has 0 N–H and O–H groups in total. The molecule has 10 nitrogen and oxygen atoms in total. The van der Waals surface area contributed by atoms with E-state index in [9.17, 15) is 4.79 Å². The largest absolute Gasteiger partial charge is 0.497 e. The lowest BCUT2D eigenvalue weighted by atomic mass is 10.2. The fourth-order valence-corrected chi connectivity index (χ4v) is 4.77. The van der Waals surface area contributed by atoms with Gasteiger partial charge in [0, 0.05) is 44.1 Å². The first-order chi connectivity index (χ1) is 17.2. The van der Waals surface area contributed by atoms with Crippen molar-refractivity contribution in [2.75, 3.05) is 43.9 Å². The molecule has 1 amide bonds. The molecule has 0 aliphatic carbocycles. The lowest BCUT2D eigenvalue weighted by Gasteiger charge is -2.35. The van der Waals surface area contributed by atoms with Gasteiger partial charge in [0.15, 0.2) is 11.0 Å². The van der Waals surface area contributed by atoms with Crippen LogP contribution in [0.1, 0.15) is 5.76 Å². The molecule has 1 fully saturated rings. The summed E-state index contributed by atoms with van der Waals surface area (Å²) in [5, 5.41) is 9.48. The number of aromatic nitrogens is 5. The van der Waals surface area contributed by atoms with Gasteiger partial charge in [0.25, 0.3) is 0 Å². The smallest absolute Gasteiger partial charge is 0.233 e. The third-order valence-corrected chi connectivity index (χ3v) is 6.72. The Morgan fingerprint density at radius 1 is 1.11 bits per heavy atom. The summed E-state index contributed by atoms with van der Waals surface area (Å²) >= 11 is 1.38. The summed E-state index contributed by atoms with van der Waals surface area (Å²) in [5.41, 5.74) is 0.877. The van der Waals surface area contributed by atoms with Crippen LogP contribution in [0, 0.1) is 0 Å². The maximum Gasteiger partial charge on any atom is 0.233 e. The minimum atomic E-state index is 0.0734. The summed E-state index contributed by atoms with van der Waals surface area (Å²) in [6.07, 6.45) is 6.73. The third kappa shape index (κ3) is 5.29. The highest BCUT2D eigenvalue weighted by Crippen LogP contribution is 2.28. The Morgan fingerprint density at radius 3 is 2.74 bits per heavy atom. The fourth-order valence-electron chi connectivity index (χ4n) is 3.93. The number of carbonyl (C=O) groups excluding carboxylic acids is 1. The number of benzene rings is 1. The van der Waals surface area contributed by atoms with Crippen molar-refractivity contribution in [1.82, 2.24) is 29.6 Å². The van der Waals surface area contributed by atoms with E-state index in [1.54, 1.807) is 32.0 Å². The molecule has 4 aromatic rings. The predicted molar refractivity (Wildman–Crippen MR) is 131 cm³/mol. The molecule has 0 saturated carbocycles. The average Bonchev–Trinajstić information content (AvgIpc) is 3.58. The highest BCUT2D eigenvalue weighted by Gasteiger charge is 2.23. The van der Waals surface area contributed by atoms with Crippen LogP contribution in [0.3, 0.4) is 0 Å². The van der Waals surface area contributed by atoms with Crippen molar-refractivity contribution >= 4 is 23.5 Å². The Kier molecular flexibility index (Phi) is 6.94. The molecule has 11 heteroatoms. The van der Waals surface area contributed by atoms with Crippen LogP contribution in [0.5, 0.6) is 5.75 Å². The van der Waals surface area contributed by atoms with Gasteiger partial charge in [-0.3, -0.25) is 14.3 Å². The molecule has 0 unspecified atom stereocenters. The van der Waals surface area contributed by atoms with E-state index in [0.717, 1.165) is 36.0 Å². The van der Waals surface area contributed by atoms with Crippen molar-refractivity contribution < 1.29 is 13.9 Å². The maximum absolute atomic E-state index is 13.0. The number of methoxy groups -OCH3 is 1. The number of ether oxygens (including phenoxy) is 1. The molecule has 3 aromatic heterocycles. The van der Waals surface area contributed by atoms with Gasteiger partial charge in [-0.15, -0.1) is 10.2 Å². The lowest BCUT2D eigenvalue weighted by Crippen LogP contribution is -2.49. The van der Waals surface area contributed by atoms with Gasteiger partial charge in [0.05, 0.1) is 31.9 Å². The van der Waals surface area contributed by atoms with Crippen molar-refractivity contribution in [3.63, 3.8) is 0 Å². The highest BCUT2D eigenvalue weighted by molar-refractivity contribution is 7.99. The van der Waals surface area contributed by atoms with E-state index < -0.39 is 0 Å². The SMILES string of the molecule is COc1cccc(-c2nnc(SCC(=O)N3CCN(c4cnccn4)CC3)n2Cc2ccco2)c1. The van der Waals surface area contributed by atoms with Gasteiger partial charge in [-0.25, -0.2) is 4.98 Å².